The van der Waals surface area contributed by atoms with Gasteiger partial charge in [0.05, 0.1) is 16.7 Å². The van der Waals surface area contributed by atoms with E-state index < -0.39 is 10.9 Å². The average molecular weight is 261 g/mol. The second-order valence-electron chi connectivity index (χ2n) is 3.90. The Kier molecular flexibility index (Phi) is 3.33. The highest BCUT2D eigenvalue weighted by Gasteiger charge is 2.25. The molecule has 6 nitrogen and oxygen atoms in total. The van der Waals surface area contributed by atoms with Gasteiger partial charge < -0.3 is 9.52 Å². The minimum absolute atomic E-state index is 0.0169. The van der Waals surface area contributed by atoms with Crippen LogP contribution in [-0.4, -0.2) is 16.0 Å². The third kappa shape index (κ3) is 2.20. The lowest BCUT2D eigenvalue weighted by molar-refractivity contribution is -0.384. The molecule has 1 heterocycles. The van der Waals surface area contributed by atoms with Gasteiger partial charge in [0.1, 0.15) is 5.56 Å². The average Bonchev–Trinajstić information content (AvgIpc) is 2.82. The second-order valence-corrected chi connectivity index (χ2v) is 3.90. The third-order valence-corrected chi connectivity index (χ3v) is 2.81. The van der Waals surface area contributed by atoms with Gasteiger partial charge in [0.2, 0.25) is 0 Å². The standard InChI is InChI=1S/C13H11NO5/c1-2-8-7-19-12(11(8)13(15)16)9-5-3-4-6-10(9)14(17)18/h3-7H,2H2,1H3,(H,15,16). The number of nitro benzene ring substituents is 1. The predicted octanol–water partition coefficient (Wildman–Crippen LogP) is 3.12. The van der Waals surface area contributed by atoms with Gasteiger partial charge in [-0.05, 0) is 12.5 Å². The molecular formula is C13H11NO5. The lowest BCUT2D eigenvalue weighted by Crippen LogP contribution is -2.01. The third-order valence-electron chi connectivity index (χ3n) is 2.81. The van der Waals surface area contributed by atoms with Crippen molar-refractivity contribution < 1.29 is 19.2 Å². The molecule has 0 aliphatic carbocycles. The number of nitro groups is 1. The van der Waals surface area contributed by atoms with Gasteiger partial charge >= 0.3 is 5.97 Å². The maximum Gasteiger partial charge on any atom is 0.339 e. The van der Waals surface area contributed by atoms with Crippen molar-refractivity contribution in [3.8, 4) is 11.3 Å². The molecule has 1 aromatic carbocycles. The van der Waals surface area contributed by atoms with Crippen molar-refractivity contribution in [1.29, 1.82) is 0 Å². The fraction of sp³-hybridized carbons (Fsp3) is 0.154. The quantitative estimate of drug-likeness (QED) is 0.674. The topological polar surface area (TPSA) is 93.6 Å². The fourth-order valence-corrected chi connectivity index (χ4v) is 1.91. The minimum atomic E-state index is -1.15. The van der Waals surface area contributed by atoms with E-state index in [4.69, 9.17) is 4.42 Å². The summed E-state index contributed by atoms with van der Waals surface area (Å²) in [6.07, 6.45) is 1.81. The summed E-state index contributed by atoms with van der Waals surface area (Å²) < 4.78 is 5.24. The monoisotopic (exact) mass is 261 g/mol. The molecule has 0 saturated heterocycles. The number of aromatic carboxylic acids is 1. The highest BCUT2D eigenvalue weighted by Crippen LogP contribution is 2.34. The molecule has 0 radical (unpaired) electrons. The summed E-state index contributed by atoms with van der Waals surface area (Å²) in [5.41, 5.74) is 0.490. The van der Waals surface area contributed by atoms with E-state index in [9.17, 15) is 20.0 Å². The zero-order valence-corrected chi connectivity index (χ0v) is 10.1. The van der Waals surface area contributed by atoms with Crippen LogP contribution >= 0.6 is 0 Å². The van der Waals surface area contributed by atoms with E-state index in [-0.39, 0.29) is 22.6 Å². The highest BCUT2D eigenvalue weighted by atomic mass is 16.6. The normalized spacial score (nSPS) is 10.4. The van der Waals surface area contributed by atoms with E-state index in [1.165, 1.54) is 24.5 Å². The summed E-state index contributed by atoms with van der Waals surface area (Å²) >= 11 is 0. The van der Waals surface area contributed by atoms with Crippen LogP contribution in [0.3, 0.4) is 0 Å². The summed E-state index contributed by atoms with van der Waals surface area (Å²) in [6.45, 7) is 1.79. The summed E-state index contributed by atoms with van der Waals surface area (Å²) in [5, 5.41) is 20.2. The van der Waals surface area contributed by atoms with Crippen LogP contribution in [0.2, 0.25) is 0 Å². The Hall–Kier alpha value is -2.63. The summed E-state index contributed by atoms with van der Waals surface area (Å²) in [7, 11) is 0. The van der Waals surface area contributed by atoms with Crippen LogP contribution in [0.1, 0.15) is 22.8 Å². The van der Waals surface area contributed by atoms with Crippen LogP contribution in [0.5, 0.6) is 0 Å². The highest BCUT2D eigenvalue weighted by molar-refractivity contribution is 5.97. The van der Waals surface area contributed by atoms with Gasteiger partial charge in [-0.25, -0.2) is 4.79 Å². The SMILES string of the molecule is CCc1coc(-c2ccccc2[N+](=O)[O-])c1C(=O)O. The van der Waals surface area contributed by atoms with Gasteiger partial charge in [0.25, 0.3) is 5.69 Å². The van der Waals surface area contributed by atoms with Gasteiger partial charge in [-0.1, -0.05) is 19.1 Å². The molecule has 0 aliphatic rings. The van der Waals surface area contributed by atoms with E-state index in [0.29, 0.717) is 12.0 Å². The number of rotatable bonds is 4. The van der Waals surface area contributed by atoms with E-state index in [1.807, 2.05) is 0 Å². The summed E-state index contributed by atoms with van der Waals surface area (Å²) in [5.74, 6) is -1.13. The molecular weight excluding hydrogens is 250 g/mol. The summed E-state index contributed by atoms with van der Waals surface area (Å²) in [6, 6.07) is 5.91. The fourth-order valence-electron chi connectivity index (χ4n) is 1.91. The van der Waals surface area contributed by atoms with E-state index in [1.54, 1.807) is 13.0 Å². The van der Waals surface area contributed by atoms with Crippen molar-refractivity contribution in [2.24, 2.45) is 0 Å². The number of carbonyl (C=O) groups is 1. The number of nitrogens with zero attached hydrogens (tertiary/aromatic N) is 1. The number of furan rings is 1. The number of carboxylic acid groups (broad SMARTS) is 1. The first kappa shape index (κ1) is 12.8. The van der Waals surface area contributed by atoms with Crippen molar-refractivity contribution in [3.05, 3.63) is 51.8 Å². The molecule has 1 aromatic heterocycles. The Labute approximate surface area is 108 Å². The molecule has 1 N–H and O–H groups in total. The molecule has 0 bridgehead atoms. The van der Waals surface area contributed by atoms with Crippen LogP contribution in [-0.2, 0) is 6.42 Å². The molecule has 0 unspecified atom stereocenters. The Morgan fingerprint density at radius 1 is 1.42 bits per heavy atom. The molecule has 2 rings (SSSR count). The smallest absolute Gasteiger partial charge is 0.339 e. The van der Waals surface area contributed by atoms with Crippen LogP contribution in [0.25, 0.3) is 11.3 Å². The van der Waals surface area contributed by atoms with Gasteiger partial charge in [0, 0.05) is 11.6 Å². The molecule has 0 amide bonds. The number of para-hydroxylation sites is 1. The zero-order valence-electron chi connectivity index (χ0n) is 10.1. The van der Waals surface area contributed by atoms with Gasteiger partial charge in [0.15, 0.2) is 5.76 Å². The number of benzene rings is 1. The van der Waals surface area contributed by atoms with Crippen molar-refractivity contribution in [3.63, 3.8) is 0 Å². The van der Waals surface area contributed by atoms with E-state index in [2.05, 4.69) is 0 Å². The van der Waals surface area contributed by atoms with Crippen LogP contribution in [0.4, 0.5) is 5.69 Å². The molecule has 6 heteroatoms. The molecule has 19 heavy (non-hydrogen) atoms. The molecule has 98 valence electrons. The van der Waals surface area contributed by atoms with Crippen LogP contribution in [0, 0.1) is 10.1 Å². The largest absolute Gasteiger partial charge is 0.478 e. The second kappa shape index (κ2) is 4.93. The van der Waals surface area contributed by atoms with Gasteiger partial charge in [-0.3, -0.25) is 10.1 Å². The Morgan fingerprint density at radius 2 is 2.11 bits per heavy atom. The maximum atomic E-state index is 11.3. The van der Waals surface area contributed by atoms with E-state index >= 15 is 0 Å². The Bertz CT molecular complexity index is 644. The molecule has 0 atom stereocenters. The van der Waals surface area contributed by atoms with Gasteiger partial charge in [-0.15, -0.1) is 0 Å². The lowest BCUT2D eigenvalue weighted by atomic mass is 10.0. The Balaban J connectivity index is 2.69. The first-order chi connectivity index (χ1) is 9.06. The maximum absolute atomic E-state index is 11.3. The van der Waals surface area contributed by atoms with Crippen LogP contribution in [0.15, 0.2) is 34.9 Å². The van der Waals surface area contributed by atoms with Crippen molar-refractivity contribution in [2.45, 2.75) is 13.3 Å². The van der Waals surface area contributed by atoms with Gasteiger partial charge in [-0.2, -0.15) is 0 Å². The van der Waals surface area contributed by atoms with Crippen molar-refractivity contribution >= 4 is 11.7 Å². The van der Waals surface area contributed by atoms with Crippen LogP contribution < -0.4 is 0 Å². The van der Waals surface area contributed by atoms with Crippen molar-refractivity contribution in [1.82, 2.24) is 0 Å². The molecule has 2 aromatic rings. The number of hydrogen-bond acceptors (Lipinski definition) is 4. The number of carboxylic acids is 1. The predicted molar refractivity (Wildman–Crippen MR) is 67.1 cm³/mol. The first-order valence-electron chi connectivity index (χ1n) is 5.63. The zero-order chi connectivity index (χ0) is 14.0. The lowest BCUT2D eigenvalue weighted by Gasteiger charge is -2.01. The number of aryl methyl sites for hydroxylation is 1. The molecule has 0 spiro atoms. The minimum Gasteiger partial charge on any atom is -0.478 e. The number of hydrogen-bond donors (Lipinski definition) is 1. The first-order valence-corrected chi connectivity index (χ1v) is 5.63. The van der Waals surface area contributed by atoms with E-state index in [0.717, 1.165) is 0 Å². The Morgan fingerprint density at radius 3 is 2.68 bits per heavy atom. The summed E-state index contributed by atoms with van der Waals surface area (Å²) in [4.78, 5) is 21.7. The molecule has 0 aliphatic heterocycles. The molecule has 0 saturated carbocycles. The van der Waals surface area contributed by atoms with Crippen molar-refractivity contribution in [2.75, 3.05) is 0 Å². The molecule has 0 fully saturated rings.